The highest BCUT2D eigenvalue weighted by atomic mass is 19.1. The lowest BCUT2D eigenvalue weighted by Crippen LogP contribution is -2.04. The fraction of sp³-hybridized carbons (Fsp3) is 0.0714. The highest BCUT2D eigenvalue weighted by Gasteiger charge is 2.13. The van der Waals surface area contributed by atoms with Gasteiger partial charge < -0.3 is 4.74 Å². The Kier molecular flexibility index (Phi) is 3.37. The Morgan fingerprint density at radius 3 is 2.39 bits per heavy atom. The van der Waals surface area contributed by atoms with Gasteiger partial charge in [0, 0.05) is 5.56 Å². The maximum absolute atomic E-state index is 13.7. The van der Waals surface area contributed by atoms with Gasteiger partial charge in [0.1, 0.15) is 11.6 Å². The maximum Gasteiger partial charge on any atom is 0.340 e. The molecule has 0 heterocycles. The molecule has 0 saturated carbocycles. The number of rotatable bonds is 2. The van der Waals surface area contributed by atoms with E-state index in [1.54, 1.807) is 18.2 Å². The van der Waals surface area contributed by atoms with E-state index in [-0.39, 0.29) is 11.1 Å². The lowest BCUT2D eigenvalue weighted by Gasteiger charge is -2.06. The summed E-state index contributed by atoms with van der Waals surface area (Å²) in [5.41, 5.74) is 0.489. The Hall–Kier alpha value is -2.23. The van der Waals surface area contributed by atoms with E-state index in [1.807, 2.05) is 0 Å². The molecular weight excluding hydrogens is 238 g/mol. The molecule has 2 aromatic carbocycles. The quantitative estimate of drug-likeness (QED) is 0.761. The fourth-order valence-electron chi connectivity index (χ4n) is 1.65. The first-order valence-electron chi connectivity index (χ1n) is 5.26. The molecule has 0 unspecified atom stereocenters. The normalized spacial score (nSPS) is 10.2. The molecule has 2 nitrogen and oxygen atoms in total. The second kappa shape index (κ2) is 4.96. The summed E-state index contributed by atoms with van der Waals surface area (Å²) in [5.74, 6) is -1.93. The number of ether oxygens (including phenoxy) is 1. The summed E-state index contributed by atoms with van der Waals surface area (Å²) in [6.45, 7) is 0. The summed E-state index contributed by atoms with van der Waals surface area (Å²) in [7, 11) is 1.17. The summed E-state index contributed by atoms with van der Waals surface area (Å²) in [6.07, 6.45) is 0. The SMILES string of the molecule is COC(=O)c1ccc(-c2ccccc2F)cc1F. The Labute approximate surface area is 103 Å². The largest absolute Gasteiger partial charge is 0.465 e. The number of esters is 1. The van der Waals surface area contributed by atoms with Gasteiger partial charge in [0.25, 0.3) is 0 Å². The lowest BCUT2D eigenvalue weighted by molar-refractivity contribution is 0.0595. The molecule has 0 spiro atoms. The van der Waals surface area contributed by atoms with E-state index in [0.29, 0.717) is 5.56 Å². The van der Waals surface area contributed by atoms with Crippen molar-refractivity contribution in [3.8, 4) is 11.1 Å². The minimum absolute atomic E-state index is 0.169. The molecular formula is C14H10F2O2. The first-order valence-corrected chi connectivity index (χ1v) is 5.26. The maximum atomic E-state index is 13.7. The zero-order chi connectivity index (χ0) is 13.1. The number of hydrogen-bond acceptors (Lipinski definition) is 2. The van der Waals surface area contributed by atoms with Crippen molar-refractivity contribution in [1.82, 2.24) is 0 Å². The van der Waals surface area contributed by atoms with E-state index in [2.05, 4.69) is 4.74 Å². The van der Waals surface area contributed by atoms with Gasteiger partial charge in [-0.25, -0.2) is 13.6 Å². The van der Waals surface area contributed by atoms with Crippen LogP contribution in [0.1, 0.15) is 10.4 Å². The van der Waals surface area contributed by atoms with Crippen LogP contribution in [0.25, 0.3) is 11.1 Å². The predicted molar refractivity (Wildman–Crippen MR) is 63.1 cm³/mol. The van der Waals surface area contributed by atoms with E-state index in [9.17, 15) is 13.6 Å². The van der Waals surface area contributed by atoms with Crippen LogP contribution in [0.15, 0.2) is 42.5 Å². The van der Waals surface area contributed by atoms with Crippen molar-refractivity contribution in [1.29, 1.82) is 0 Å². The molecule has 0 amide bonds. The van der Waals surface area contributed by atoms with Gasteiger partial charge in [-0.15, -0.1) is 0 Å². The number of hydrogen-bond donors (Lipinski definition) is 0. The molecule has 0 bridgehead atoms. The van der Waals surface area contributed by atoms with E-state index in [1.165, 1.54) is 25.3 Å². The average Bonchev–Trinajstić information content (AvgIpc) is 2.38. The van der Waals surface area contributed by atoms with E-state index in [4.69, 9.17) is 0 Å². The van der Waals surface area contributed by atoms with Gasteiger partial charge in [0.2, 0.25) is 0 Å². The highest BCUT2D eigenvalue weighted by Crippen LogP contribution is 2.24. The predicted octanol–water partition coefficient (Wildman–Crippen LogP) is 3.42. The van der Waals surface area contributed by atoms with Crippen molar-refractivity contribution < 1.29 is 18.3 Å². The van der Waals surface area contributed by atoms with Crippen LogP contribution >= 0.6 is 0 Å². The topological polar surface area (TPSA) is 26.3 Å². The molecule has 2 rings (SSSR count). The Morgan fingerprint density at radius 1 is 1.06 bits per heavy atom. The molecule has 18 heavy (non-hydrogen) atoms. The summed E-state index contributed by atoms with van der Waals surface area (Å²) >= 11 is 0. The molecule has 0 N–H and O–H groups in total. The number of carbonyl (C=O) groups excluding carboxylic acids is 1. The van der Waals surface area contributed by atoms with Crippen LogP contribution in [-0.4, -0.2) is 13.1 Å². The molecule has 0 atom stereocenters. The van der Waals surface area contributed by atoms with Crippen LogP contribution in [0.5, 0.6) is 0 Å². The molecule has 0 aliphatic carbocycles. The third kappa shape index (κ3) is 2.22. The van der Waals surface area contributed by atoms with Gasteiger partial charge >= 0.3 is 5.97 Å². The lowest BCUT2D eigenvalue weighted by atomic mass is 10.0. The second-order valence-corrected chi connectivity index (χ2v) is 3.67. The zero-order valence-corrected chi connectivity index (χ0v) is 9.61. The van der Waals surface area contributed by atoms with E-state index in [0.717, 1.165) is 6.07 Å². The molecule has 0 fully saturated rings. The molecule has 4 heteroatoms. The summed E-state index contributed by atoms with van der Waals surface area (Å²) in [4.78, 5) is 11.2. The zero-order valence-electron chi connectivity index (χ0n) is 9.61. The third-order valence-corrected chi connectivity index (χ3v) is 2.56. The van der Waals surface area contributed by atoms with Gasteiger partial charge in [-0.05, 0) is 23.8 Å². The first-order chi connectivity index (χ1) is 8.63. The van der Waals surface area contributed by atoms with Crippen molar-refractivity contribution in [3.63, 3.8) is 0 Å². The average molecular weight is 248 g/mol. The Balaban J connectivity index is 2.47. The number of halogens is 2. The Bertz CT molecular complexity index is 594. The smallest absolute Gasteiger partial charge is 0.340 e. The van der Waals surface area contributed by atoms with Crippen molar-refractivity contribution in [3.05, 3.63) is 59.7 Å². The molecule has 0 radical (unpaired) electrons. The van der Waals surface area contributed by atoms with Gasteiger partial charge in [-0.2, -0.15) is 0 Å². The van der Waals surface area contributed by atoms with E-state index >= 15 is 0 Å². The van der Waals surface area contributed by atoms with Crippen molar-refractivity contribution in [2.24, 2.45) is 0 Å². The van der Waals surface area contributed by atoms with Gasteiger partial charge in [-0.3, -0.25) is 0 Å². The molecule has 92 valence electrons. The van der Waals surface area contributed by atoms with Gasteiger partial charge in [0.05, 0.1) is 12.7 Å². The Morgan fingerprint density at radius 2 is 1.78 bits per heavy atom. The summed E-state index contributed by atoms with van der Waals surface area (Å²) in [6, 6.07) is 9.92. The number of methoxy groups -OCH3 is 1. The van der Waals surface area contributed by atoms with E-state index < -0.39 is 17.6 Å². The monoisotopic (exact) mass is 248 g/mol. The molecule has 2 aromatic rings. The van der Waals surface area contributed by atoms with Crippen molar-refractivity contribution in [2.75, 3.05) is 7.11 Å². The van der Waals surface area contributed by atoms with Crippen LogP contribution in [0.2, 0.25) is 0 Å². The van der Waals surface area contributed by atoms with Crippen LogP contribution in [0.4, 0.5) is 8.78 Å². The van der Waals surface area contributed by atoms with Crippen LogP contribution in [0.3, 0.4) is 0 Å². The minimum Gasteiger partial charge on any atom is -0.465 e. The van der Waals surface area contributed by atoms with Gasteiger partial charge in [0.15, 0.2) is 0 Å². The summed E-state index contributed by atoms with van der Waals surface area (Å²) < 4.78 is 31.6. The second-order valence-electron chi connectivity index (χ2n) is 3.67. The minimum atomic E-state index is -0.757. The van der Waals surface area contributed by atoms with Crippen molar-refractivity contribution >= 4 is 5.97 Å². The van der Waals surface area contributed by atoms with Crippen molar-refractivity contribution in [2.45, 2.75) is 0 Å². The molecule has 0 aliphatic heterocycles. The number of benzene rings is 2. The molecule has 0 saturated heterocycles. The van der Waals surface area contributed by atoms with Gasteiger partial charge in [-0.1, -0.05) is 24.3 Å². The van der Waals surface area contributed by atoms with Crippen LogP contribution in [0, 0.1) is 11.6 Å². The standard InChI is InChI=1S/C14H10F2O2/c1-18-14(17)11-7-6-9(8-13(11)16)10-4-2-3-5-12(10)15/h2-8H,1H3. The van der Waals surface area contributed by atoms with Crippen LogP contribution in [-0.2, 0) is 4.74 Å². The number of carbonyl (C=O) groups is 1. The van der Waals surface area contributed by atoms with Crippen LogP contribution < -0.4 is 0 Å². The fourth-order valence-corrected chi connectivity index (χ4v) is 1.65. The summed E-state index contributed by atoms with van der Waals surface area (Å²) in [5, 5.41) is 0. The highest BCUT2D eigenvalue weighted by molar-refractivity contribution is 5.90. The third-order valence-electron chi connectivity index (χ3n) is 2.56. The molecule has 0 aromatic heterocycles. The first kappa shape index (κ1) is 12.2. The molecule has 0 aliphatic rings.